The Morgan fingerprint density at radius 1 is 1.26 bits per heavy atom. The number of rotatable bonds is 11. The summed E-state index contributed by atoms with van der Waals surface area (Å²) in [7, 11) is 0. The summed E-state index contributed by atoms with van der Waals surface area (Å²) in [5.41, 5.74) is 12.9. The third kappa shape index (κ3) is 6.04. The number of carboxylic acid groups (broad SMARTS) is 1. The highest BCUT2D eigenvalue weighted by molar-refractivity contribution is 7.09. The van der Waals surface area contributed by atoms with E-state index in [1.807, 2.05) is 17.0 Å². The van der Waals surface area contributed by atoms with Crippen LogP contribution in [0.4, 0.5) is 5.82 Å². The van der Waals surface area contributed by atoms with Crippen LogP contribution in [0.5, 0.6) is 0 Å². The van der Waals surface area contributed by atoms with Gasteiger partial charge in [0.05, 0.1) is 16.3 Å². The van der Waals surface area contributed by atoms with E-state index in [0.29, 0.717) is 43.9 Å². The predicted molar refractivity (Wildman–Crippen MR) is 153 cm³/mol. The van der Waals surface area contributed by atoms with Crippen molar-refractivity contribution in [3.05, 3.63) is 62.0 Å². The molecule has 1 aliphatic heterocycles. The molecule has 1 saturated heterocycles. The quantitative estimate of drug-likeness (QED) is 0.306. The van der Waals surface area contributed by atoms with Crippen molar-refractivity contribution < 1.29 is 14.7 Å². The normalized spacial score (nSPS) is 17.9. The van der Waals surface area contributed by atoms with Crippen LogP contribution in [-0.2, 0) is 22.4 Å². The van der Waals surface area contributed by atoms with E-state index in [1.165, 1.54) is 10.5 Å². The first kappa shape index (κ1) is 28.4. The monoisotopic (exact) mass is 552 g/mol. The number of anilines is 1. The van der Waals surface area contributed by atoms with Crippen molar-refractivity contribution in [1.82, 2.24) is 14.4 Å². The van der Waals surface area contributed by atoms with Crippen molar-refractivity contribution in [2.24, 2.45) is 11.5 Å². The molecule has 0 bridgehead atoms. The Hall–Kier alpha value is -3.57. The van der Waals surface area contributed by atoms with Gasteiger partial charge in [-0.25, -0.2) is 14.8 Å². The number of aliphatic carboxylic acids is 1. The largest absolute Gasteiger partial charge is 0.478 e. The fourth-order valence-electron chi connectivity index (χ4n) is 5.18. The topological polar surface area (TPSA) is 157 Å². The van der Waals surface area contributed by atoms with Crippen molar-refractivity contribution in [3.63, 3.8) is 0 Å². The maximum Gasteiger partial charge on any atom is 0.328 e. The van der Waals surface area contributed by atoms with Gasteiger partial charge in [0.2, 0.25) is 5.91 Å². The first-order valence-corrected chi connectivity index (χ1v) is 14.2. The number of thiazole rings is 1. The molecule has 0 aliphatic carbocycles. The summed E-state index contributed by atoms with van der Waals surface area (Å²) in [6, 6.07) is 3.73. The number of carbonyl (C=O) groups excluding carboxylic acids is 1. The summed E-state index contributed by atoms with van der Waals surface area (Å²) in [4.78, 5) is 49.3. The van der Waals surface area contributed by atoms with E-state index in [9.17, 15) is 19.5 Å². The maximum atomic E-state index is 13.7. The van der Waals surface area contributed by atoms with E-state index in [4.69, 9.17) is 21.4 Å². The van der Waals surface area contributed by atoms with Crippen LogP contribution in [-0.4, -0.2) is 50.0 Å². The number of aromatic nitrogens is 3. The van der Waals surface area contributed by atoms with Crippen LogP contribution in [0.1, 0.15) is 73.7 Å². The minimum atomic E-state index is -1.19. The van der Waals surface area contributed by atoms with Crippen LogP contribution in [0.2, 0.25) is 0 Å². The number of carbonyl (C=O) groups is 2. The van der Waals surface area contributed by atoms with E-state index in [1.54, 1.807) is 17.5 Å². The highest BCUT2D eigenvalue weighted by Crippen LogP contribution is 2.37. The van der Waals surface area contributed by atoms with Gasteiger partial charge in [0, 0.05) is 30.6 Å². The highest BCUT2D eigenvalue weighted by Gasteiger charge is 2.45. The van der Waals surface area contributed by atoms with E-state index in [0.717, 1.165) is 48.0 Å². The zero-order chi connectivity index (χ0) is 28.2. The number of fused-ring (bicyclic) bond motifs is 1. The molecule has 1 amide bonds. The van der Waals surface area contributed by atoms with Gasteiger partial charge in [0.1, 0.15) is 17.0 Å². The minimum Gasteiger partial charge on any atom is -0.478 e. The lowest BCUT2D eigenvalue weighted by atomic mass is 9.81. The number of nitrogens with two attached hydrogens (primary N) is 2. The third-order valence-electron chi connectivity index (χ3n) is 7.34. The first-order chi connectivity index (χ1) is 18.7. The molecule has 0 radical (unpaired) electrons. The lowest BCUT2D eigenvalue weighted by Gasteiger charge is -2.46. The number of hydrogen-bond donors (Lipinski definition) is 3. The van der Waals surface area contributed by atoms with Gasteiger partial charge in [-0.2, -0.15) is 0 Å². The van der Waals surface area contributed by atoms with Crippen molar-refractivity contribution in [2.75, 3.05) is 18.0 Å². The number of nitrogens with zero attached hydrogens (tertiary/aromatic N) is 4. The average Bonchev–Trinajstić information content (AvgIpc) is 3.39. The average molecular weight is 553 g/mol. The van der Waals surface area contributed by atoms with Gasteiger partial charge in [-0.15, -0.1) is 11.3 Å². The molecule has 1 fully saturated rings. The summed E-state index contributed by atoms with van der Waals surface area (Å²) >= 11 is 1.65. The first-order valence-electron chi connectivity index (χ1n) is 13.3. The molecular weight excluding hydrogens is 516 g/mol. The number of aryl methyl sites for hydroxylation is 2. The molecule has 1 atom stereocenters. The van der Waals surface area contributed by atoms with E-state index in [-0.39, 0.29) is 11.4 Å². The van der Waals surface area contributed by atoms with Gasteiger partial charge in [-0.3, -0.25) is 14.0 Å². The number of pyridine rings is 1. The van der Waals surface area contributed by atoms with E-state index in [2.05, 4.69) is 19.2 Å². The van der Waals surface area contributed by atoms with Gasteiger partial charge in [-0.05, 0) is 74.8 Å². The van der Waals surface area contributed by atoms with Crippen molar-refractivity contribution in [3.8, 4) is 0 Å². The molecule has 208 valence electrons. The second-order valence-corrected chi connectivity index (χ2v) is 11.2. The van der Waals surface area contributed by atoms with Crippen molar-refractivity contribution in [2.45, 2.75) is 70.3 Å². The molecule has 10 nitrogen and oxygen atoms in total. The number of piperidine rings is 1. The highest BCUT2D eigenvalue weighted by atomic mass is 32.1. The molecule has 1 aliphatic rings. The van der Waals surface area contributed by atoms with Crippen LogP contribution in [0.3, 0.4) is 0 Å². The number of primary amides is 1. The van der Waals surface area contributed by atoms with Crippen molar-refractivity contribution in [1.29, 1.82) is 0 Å². The molecule has 0 saturated carbocycles. The molecule has 11 heteroatoms. The molecule has 0 spiro atoms. The Bertz CT molecular complexity index is 1450. The van der Waals surface area contributed by atoms with Crippen LogP contribution < -0.4 is 21.9 Å². The van der Waals surface area contributed by atoms with Gasteiger partial charge >= 0.3 is 5.97 Å². The molecule has 4 rings (SSSR count). The van der Waals surface area contributed by atoms with E-state index >= 15 is 0 Å². The Morgan fingerprint density at radius 3 is 2.72 bits per heavy atom. The van der Waals surface area contributed by atoms with Gasteiger partial charge < -0.3 is 21.5 Å². The number of hydrogen-bond acceptors (Lipinski definition) is 8. The zero-order valence-corrected chi connectivity index (χ0v) is 23.2. The zero-order valence-electron chi connectivity index (χ0n) is 22.4. The van der Waals surface area contributed by atoms with Crippen LogP contribution in [0, 0.1) is 0 Å². The number of carboxylic acids is 1. The van der Waals surface area contributed by atoms with Crippen molar-refractivity contribution >= 4 is 40.8 Å². The number of amides is 1. The molecule has 39 heavy (non-hydrogen) atoms. The second kappa shape index (κ2) is 12.1. The minimum absolute atomic E-state index is 0.104. The van der Waals surface area contributed by atoms with Crippen LogP contribution >= 0.6 is 11.3 Å². The SMILES string of the molecule is CC(C)c1csc(CCc2ccn3c(=O)c(/C=C/C(=O)O)c(N4CCCCC4(CCCN)C(N)=O)nc3c2)n1. The fraction of sp³-hybridized carbons (Fsp3) is 0.464. The Balaban J connectivity index is 1.80. The van der Waals surface area contributed by atoms with Crippen LogP contribution in [0.15, 0.2) is 34.6 Å². The summed E-state index contributed by atoms with van der Waals surface area (Å²) in [6.45, 7) is 5.10. The second-order valence-electron chi connectivity index (χ2n) is 10.3. The summed E-state index contributed by atoms with van der Waals surface area (Å²) in [5, 5.41) is 12.4. The molecular formula is C28H36N6O4S. The molecule has 0 aromatic carbocycles. The summed E-state index contributed by atoms with van der Waals surface area (Å²) in [5.74, 6) is -1.04. The maximum absolute atomic E-state index is 13.7. The summed E-state index contributed by atoms with van der Waals surface area (Å²) < 4.78 is 1.41. The standard InChI is InChI=1S/C28H36N6O4S/c1-18(2)21-17-39-23(31-21)8-6-19-10-15-33-22(16-19)32-25(20(26(33)37)7-9-24(35)36)34-14-4-3-11-28(34,27(30)38)12-5-13-29/h7,9-10,15-18H,3-6,8,11-14,29H2,1-2H3,(H2,30,38)(H,35,36)/b9-7+. The third-order valence-corrected chi connectivity index (χ3v) is 8.27. The predicted octanol–water partition coefficient (Wildman–Crippen LogP) is 3.11. The van der Waals surface area contributed by atoms with Gasteiger partial charge in [-0.1, -0.05) is 13.8 Å². The molecule has 3 aromatic rings. The lowest BCUT2D eigenvalue weighted by Crippen LogP contribution is -2.61. The molecule has 3 aromatic heterocycles. The lowest BCUT2D eigenvalue weighted by molar-refractivity contribution is -0.131. The Labute approximate surface area is 231 Å². The Kier molecular flexibility index (Phi) is 8.81. The fourth-order valence-corrected chi connectivity index (χ4v) is 6.14. The van der Waals surface area contributed by atoms with E-state index < -0.39 is 23.0 Å². The van der Waals surface area contributed by atoms with Gasteiger partial charge in [0.15, 0.2) is 0 Å². The molecule has 1 unspecified atom stereocenters. The smallest absolute Gasteiger partial charge is 0.328 e. The summed E-state index contributed by atoms with van der Waals surface area (Å²) in [6.07, 6.45) is 8.42. The van der Waals surface area contributed by atoms with Gasteiger partial charge in [0.25, 0.3) is 5.56 Å². The molecule has 5 N–H and O–H groups in total. The van der Waals surface area contributed by atoms with Crippen LogP contribution in [0.25, 0.3) is 11.7 Å². The Morgan fingerprint density at radius 2 is 2.05 bits per heavy atom. The molecule has 4 heterocycles.